The summed E-state index contributed by atoms with van der Waals surface area (Å²) in [5.74, 6) is -0.438. The fraction of sp³-hybridized carbons (Fsp3) is 0.174. The Bertz CT molecular complexity index is 977. The van der Waals surface area contributed by atoms with Crippen molar-refractivity contribution < 1.29 is 18.1 Å². The summed E-state index contributed by atoms with van der Waals surface area (Å²) in [6.45, 7) is 2.04. The van der Waals surface area contributed by atoms with Crippen LogP contribution in [0.2, 0.25) is 0 Å². The van der Waals surface area contributed by atoms with Crippen LogP contribution in [0.15, 0.2) is 83.8 Å². The molecule has 0 unspecified atom stereocenters. The summed E-state index contributed by atoms with van der Waals surface area (Å²) in [7, 11) is -1.42. The van der Waals surface area contributed by atoms with Crippen LogP contribution in [0.3, 0.4) is 0 Å². The van der Waals surface area contributed by atoms with Crippen molar-refractivity contribution >= 4 is 16.9 Å². The first-order valence-corrected chi connectivity index (χ1v) is 10.5. The molecule has 6 heteroatoms. The van der Waals surface area contributed by atoms with Crippen LogP contribution in [0.25, 0.3) is 0 Å². The molecule has 29 heavy (non-hydrogen) atoms. The molecule has 3 rings (SSSR count). The normalized spacial score (nSPS) is 12.8. The molecule has 0 spiro atoms. The summed E-state index contributed by atoms with van der Waals surface area (Å²) >= 11 is 0. The molecule has 0 aromatic heterocycles. The molecule has 0 fully saturated rings. The van der Waals surface area contributed by atoms with Gasteiger partial charge in [-0.3, -0.25) is 4.21 Å². The second kappa shape index (κ2) is 9.98. The summed E-state index contributed by atoms with van der Waals surface area (Å²) in [6.07, 6.45) is -0.692. The maximum atomic E-state index is 14.4. The van der Waals surface area contributed by atoms with E-state index >= 15 is 0 Å². The fourth-order valence-electron chi connectivity index (χ4n) is 2.81. The van der Waals surface area contributed by atoms with Gasteiger partial charge in [-0.2, -0.15) is 0 Å². The summed E-state index contributed by atoms with van der Waals surface area (Å²) in [6, 6.07) is 21.9. The molecule has 0 aliphatic heterocycles. The Morgan fingerprint density at radius 2 is 1.66 bits per heavy atom. The van der Waals surface area contributed by atoms with Crippen molar-refractivity contribution in [3.05, 3.63) is 101 Å². The standard InChI is InChI=1S/C23H22FNO3S/c1-17-11-13-19(14-12-17)29(27)16-22(20-9-5-6-10-21(20)24)25-23(26)28-15-18-7-3-2-4-8-18/h2-14,22H,15-16H2,1H3,(H,25,26)/t22-,29-/m1/s1. The van der Waals surface area contributed by atoms with Crippen molar-refractivity contribution in [3.8, 4) is 0 Å². The Hall–Kier alpha value is -2.99. The highest BCUT2D eigenvalue weighted by atomic mass is 32.2. The lowest BCUT2D eigenvalue weighted by Crippen LogP contribution is -2.33. The summed E-state index contributed by atoms with van der Waals surface area (Å²) < 4.78 is 32.4. The van der Waals surface area contributed by atoms with E-state index in [1.807, 2.05) is 49.4 Å². The molecule has 2 atom stereocenters. The van der Waals surface area contributed by atoms with Crippen LogP contribution in [0.1, 0.15) is 22.7 Å². The molecular formula is C23H22FNO3S. The molecule has 4 nitrogen and oxygen atoms in total. The maximum absolute atomic E-state index is 14.4. The number of benzene rings is 3. The minimum Gasteiger partial charge on any atom is -0.445 e. The van der Waals surface area contributed by atoms with E-state index in [0.29, 0.717) is 4.90 Å². The van der Waals surface area contributed by atoms with Crippen molar-refractivity contribution in [3.63, 3.8) is 0 Å². The van der Waals surface area contributed by atoms with Crippen LogP contribution in [0.4, 0.5) is 9.18 Å². The third kappa shape index (κ3) is 5.99. The van der Waals surface area contributed by atoms with Crippen molar-refractivity contribution in [2.45, 2.75) is 24.5 Å². The van der Waals surface area contributed by atoms with E-state index in [1.54, 1.807) is 30.3 Å². The lowest BCUT2D eigenvalue weighted by molar-refractivity contribution is 0.136. The predicted octanol–water partition coefficient (Wildman–Crippen LogP) is 4.91. The van der Waals surface area contributed by atoms with Gasteiger partial charge in [-0.1, -0.05) is 66.2 Å². The van der Waals surface area contributed by atoms with Gasteiger partial charge in [0.25, 0.3) is 0 Å². The minimum absolute atomic E-state index is 0.0322. The van der Waals surface area contributed by atoms with E-state index in [1.165, 1.54) is 6.07 Å². The second-order valence-corrected chi connectivity index (χ2v) is 8.10. The van der Waals surface area contributed by atoms with Gasteiger partial charge in [0, 0.05) is 10.5 Å². The SMILES string of the molecule is Cc1ccc([S@](=O)C[C@@H](NC(=O)OCc2ccccc2)c2ccccc2F)cc1. The molecule has 0 bridgehead atoms. The quantitative estimate of drug-likeness (QED) is 0.601. The molecule has 0 saturated heterocycles. The summed E-state index contributed by atoms with van der Waals surface area (Å²) in [5.41, 5.74) is 2.16. The third-order valence-electron chi connectivity index (χ3n) is 4.39. The Labute approximate surface area is 172 Å². The van der Waals surface area contributed by atoms with E-state index < -0.39 is 28.8 Å². The second-order valence-electron chi connectivity index (χ2n) is 6.61. The molecule has 1 amide bonds. The molecule has 150 valence electrons. The summed E-state index contributed by atoms with van der Waals surface area (Å²) in [5, 5.41) is 2.66. The number of hydrogen-bond donors (Lipinski definition) is 1. The average Bonchev–Trinajstić information content (AvgIpc) is 2.73. The first-order valence-electron chi connectivity index (χ1n) is 9.19. The van der Waals surface area contributed by atoms with Crippen molar-refractivity contribution in [1.29, 1.82) is 0 Å². The lowest BCUT2D eigenvalue weighted by Gasteiger charge is -2.19. The number of halogens is 1. The Kier molecular flexibility index (Phi) is 7.14. The first kappa shape index (κ1) is 20.7. The lowest BCUT2D eigenvalue weighted by atomic mass is 10.1. The molecule has 0 radical (unpaired) electrons. The van der Waals surface area contributed by atoms with Gasteiger partial charge < -0.3 is 10.1 Å². The van der Waals surface area contributed by atoms with Crippen LogP contribution in [-0.4, -0.2) is 16.1 Å². The highest BCUT2D eigenvalue weighted by molar-refractivity contribution is 7.85. The van der Waals surface area contributed by atoms with E-state index in [0.717, 1.165) is 11.1 Å². The van der Waals surface area contributed by atoms with E-state index in [-0.39, 0.29) is 17.9 Å². The van der Waals surface area contributed by atoms with Gasteiger partial charge in [0.05, 0.1) is 22.6 Å². The first-order chi connectivity index (χ1) is 14.0. The minimum atomic E-state index is -1.42. The number of nitrogens with one attached hydrogen (secondary N) is 1. The van der Waals surface area contributed by atoms with E-state index in [4.69, 9.17) is 4.74 Å². The van der Waals surface area contributed by atoms with Gasteiger partial charge in [-0.05, 0) is 30.7 Å². The number of ether oxygens (including phenoxy) is 1. The smallest absolute Gasteiger partial charge is 0.407 e. The molecule has 0 saturated carbocycles. The Morgan fingerprint density at radius 3 is 2.34 bits per heavy atom. The van der Waals surface area contributed by atoms with E-state index in [9.17, 15) is 13.4 Å². The highest BCUT2D eigenvalue weighted by Crippen LogP contribution is 2.21. The molecule has 0 heterocycles. The van der Waals surface area contributed by atoms with Crippen LogP contribution < -0.4 is 5.32 Å². The molecule has 0 aliphatic rings. The van der Waals surface area contributed by atoms with Gasteiger partial charge in [0.1, 0.15) is 12.4 Å². The molecule has 3 aromatic carbocycles. The molecule has 0 aliphatic carbocycles. The number of carbonyl (C=O) groups is 1. The van der Waals surface area contributed by atoms with Crippen LogP contribution in [0.5, 0.6) is 0 Å². The summed E-state index contributed by atoms with van der Waals surface area (Å²) in [4.78, 5) is 12.9. The fourth-order valence-corrected chi connectivity index (χ4v) is 4.01. The Morgan fingerprint density at radius 1 is 1.00 bits per heavy atom. The van der Waals surface area contributed by atoms with E-state index in [2.05, 4.69) is 5.32 Å². The zero-order valence-electron chi connectivity index (χ0n) is 16.0. The number of alkyl carbamates (subject to hydrolysis) is 1. The number of carbonyl (C=O) groups excluding carboxylic acids is 1. The number of rotatable bonds is 7. The average molecular weight is 411 g/mol. The zero-order chi connectivity index (χ0) is 20.6. The monoisotopic (exact) mass is 411 g/mol. The molecular weight excluding hydrogens is 389 g/mol. The number of aryl methyl sites for hydroxylation is 1. The van der Waals surface area contributed by atoms with Crippen molar-refractivity contribution in [2.75, 3.05) is 5.75 Å². The molecule has 1 N–H and O–H groups in total. The van der Waals surface area contributed by atoms with Crippen molar-refractivity contribution in [1.82, 2.24) is 5.32 Å². The van der Waals surface area contributed by atoms with Crippen molar-refractivity contribution in [2.24, 2.45) is 0 Å². The predicted molar refractivity (Wildman–Crippen MR) is 111 cm³/mol. The van der Waals surface area contributed by atoms with Crippen LogP contribution >= 0.6 is 0 Å². The van der Waals surface area contributed by atoms with Gasteiger partial charge in [0.15, 0.2) is 0 Å². The maximum Gasteiger partial charge on any atom is 0.407 e. The number of amides is 1. The Balaban J connectivity index is 1.72. The van der Waals surface area contributed by atoms with Gasteiger partial charge in [-0.25, -0.2) is 9.18 Å². The van der Waals surface area contributed by atoms with Gasteiger partial charge in [0.2, 0.25) is 0 Å². The molecule has 3 aromatic rings. The van der Waals surface area contributed by atoms with Gasteiger partial charge in [-0.15, -0.1) is 0 Å². The largest absolute Gasteiger partial charge is 0.445 e. The van der Waals surface area contributed by atoms with Gasteiger partial charge >= 0.3 is 6.09 Å². The third-order valence-corrected chi connectivity index (χ3v) is 5.82. The zero-order valence-corrected chi connectivity index (χ0v) is 16.8. The topological polar surface area (TPSA) is 55.4 Å². The van der Waals surface area contributed by atoms with Crippen LogP contribution in [0, 0.1) is 12.7 Å². The van der Waals surface area contributed by atoms with Crippen LogP contribution in [-0.2, 0) is 22.1 Å². The highest BCUT2D eigenvalue weighted by Gasteiger charge is 2.22. The number of hydrogen-bond acceptors (Lipinski definition) is 3.